The highest BCUT2D eigenvalue weighted by Gasteiger charge is 2.20. The lowest BCUT2D eigenvalue weighted by molar-refractivity contribution is 0.465. The number of aryl methyl sites for hydroxylation is 2. The first kappa shape index (κ1) is 10.7. The van der Waals surface area contributed by atoms with Gasteiger partial charge in [-0.1, -0.05) is 13.0 Å². The van der Waals surface area contributed by atoms with Gasteiger partial charge in [-0.25, -0.2) is 0 Å². The van der Waals surface area contributed by atoms with E-state index in [1.807, 2.05) is 0 Å². The molecular weight excluding hydrogens is 182 g/mol. The van der Waals surface area contributed by atoms with Gasteiger partial charge in [-0.05, 0) is 61.4 Å². The third-order valence-electron chi connectivity index (χ3n) is 3.83. The van der Waals surface area contributed by atoms with Crippen molar-refractivity contribution >= 4 is 0 Å². The number of hydrogen-bond acceptors (Lipinski definition) is 1. The fourth-order valence-corrected chi connectivity index (χ4v) is 2.60. The molecular formula is C14H21N. The van der Waals surface area contributed by atoms with Gasteiger partial charge >= 0.3 is 0 Å². The van der Waals surface area contributed by atoms with E-state index in [0.29, 0.717) is 6.04 Å². The molecule has 0 fully saturated rings. The fraction of sp³-hybridized carbons (Fsp3) is 0.571. The molecule has 1 atom stereocenters. The molecule has 1 aromatic rings. The summed E-state index contributed by atoms with van der Waals surface area (Å²) in [5, 5.41) is 3.62. The Balaban J connectivity index is 2.47. The first-order chi connectivity index (χ1) is 7.13. The Bertz CT molecular complexity index is 379. The summed E-state index contributed by atoms with van der Waals surface area (Å²) in [7, 11) is 0. The molecule has 0 saturated carbocycles. The summed E-state index contributed by atoms with van der Waals surface area (Å²) in [6.45, 7) is 10.0. The molecule has 1 aromatic carbocycles. The van der Waals surface area contributed by atoms with Gasteiger partial charge in [-0.3, -0.25) is 0 Å². The zero-order valence-electron chi connectivity index (χ0n) is 10.3. The zero-order valence-corrected chi connectivity index (χ0v) is 10.3. The predicted octanol–water partition coefficient (Wildman–Crippen LogP) is 3.04. The normalized spacial score (nSPS) is 20.1. The minimum Gasteiger partial charge on any atom is -0.310 e. The van der Waals surface area contributed by atoms with E-state index in [4.69, 9.17) is 0 Å². The third kappa shape index (κ3) is 1.81. The summed E-state index contributed by atoms with van der Waals surface area (Å²) < 4.78 is 0. The molecule has 1 unspecified atom stereocenters. The molecule has 82 valence electrons. The quantitative estimate of drug-likeness (QED) is 0.739. The Morgan fingerprint density at radius 1 is 1.20 bits per heavy atom. The molecule has 0 spiro atoms. The van der Waals surface area contributed by atoms with Crippen LogP contribution in [0.1, 0.15) is 41.2 Å². The van der Waals surface area contributed by atoms with Gasteiger partial charge in [0.25, 0.3) is 0 Å². The summed E-state index contributed by atoms with van der Waals surface area (Å²) >= 11 is 0. The smallest absolute Gasteiger partial charge is 0.0213 e. The molecule has 0 bridgehead atoms. The molecule has 0 radical (unpaired) electrons. The van der Waals surface area contributed by atoms with E-state index < -0.39 is 0 Å². The third-order valence-corrected chi connectivity index (χ3v) is 3.83. The molecule has 0 aliphatic carbocycles. The summed E-state index contributed by atoms with van der Waals surface area (Å²) in [6.07, 6.45) is 2.44. The van der Waals surface area contributed by atoms with Crippen LogP contribution in [-0.2, 0) is 13.0 Å². The lowest BCUT2D eigenvalue weighted by Crippen LogP contribution is -2.35. The van der Waals surface area contributed by atoms with Crippen molar-refractivity contribution in [3.8, 4) is 0 Å². The Kier molecular flexibility index (Phi) is 2.83. The van der Waals surface area contributed by atoms with Gasteiger partial charge in [-0.2, -0.15) is 0 Å². The van der Waals surface area contributed by atoms with E-state index in [-0.39, 0.29) is 0 Å². The Hall–Kier alpha value is -0.820. The van der Waals surface area contributed by atoms with Crippen LogP contribution in [0.5, 0.6) is 0 Å². The van der Waals surface area contributed by atoms with Gasteiger partial charge in [0.2, 0.25) is 0 Å². The molecule has 1 heterocycles. The minimum absolute atomic E-state index is 0.679. The zero-order chi connectivity index (χ0) is 11.0. The van der Waals surface area contributed by atoms with Crippen LogP contribution in [-0.4, -0.2) is 6.04 Å². The first-order valence-electron chi connectivity index (χ1n) is 5.95. The van der Waals surface area contributed by atoms with E-state index in [1.165, 1.54) is 29.5 Å². The van der Waals surface area contributed by atoms with Gasteiger partial charge < -0.3 is 5.32 Å². The molecule has 15 heavy (non-hydrogen) atoms. The number of benzene rings is 1. The van der Waals surface area contributed by atoms with Crippen molar-refractivity contribution in [3.63, 3.8) is 0 Å². The van der Waals surface area contributed by atoms with Crippen LogP contribution in [0.25, 0.3) is 0 Å². The second-order valence-corrected chi connectivity index (χ2v) is 4.78. The van der Waals surface area contributed by atoms with Gasteiger partial charge in [0.05, 0.1) is 0 Å². The SMILES string of the molecule is CCC1Cc2c(C)cc(C)c(C)c2CN1. The molecule has 0 amide bonds. The van der Waals surface area contributed by atoms with Crippen LogP contribution < -0.4 is 5.32 Å². The van der Waals surface area contributed by atoms with E-state index in [1.54, 1.807) is 11.1 Å². The Morgan fingerprint density at radius 3 is 2.60 bits per heavy atom. The van der Waals surface area contributed by atoms with Crippen molar-refractivity contribution in [1.82, 2.24) is 5.32 Å². The van der Waals surface area contributed by atoms with E-state index in [9.17, 15) is 0 Å². The number of hydrogen-bond donors (Lipinski definition) is 1. The summed E-state index contributed by atoms with van der Waals surface area (Å²) in [5.74, 6) is 0. The van der Waals surface area contributed by atoms with Crippen LogP contribution in [0.3, 0.4) is 0 Å². The Morgan fingerprint density at radius 2 is 1.93 bits per heavy atom. The van der Waals surface area contributed by atoms with Gasteiger partial charge in [0, 0.05) is 12.6 Å². The summed E-state index contributed by atoms with van der Waals surface area (Å²) in [4.78, 5) is 0. The molecule has 2 rings (SSSR count). The summed E-state index contributed by atoms with van der Waals surface area (Å²) in [6, 6.07) is 3.02. The summed E-state index contributed by atoms with van der Waals surface area (Å²) in [5.41, 5.74) is 7.55. The maximum Gasteiger partial charge on any atom is 0.0213 e. The van der Waals surface area contributed by atoms with Crippen molar-refractivity contribution in [1.29, 1.82) is 0 Å². The predicted molar refractivity (Wildman–Crippen MR) is 65.3 cm³/mol. The first-order valence-corrected chi connectivity index (χ1v) is 5.95. The number of fused-ring (bicyclic) bond motifs is 1. The lowest BCUT2D eigenvalue weighted by Gasteiger charge is -2.29. The molecule has 1 aliphatic rings. The maximum absolute atomic E-state index is 3.62. The average molecular weight is 203 g/mol. The molecule has 0 aromatic heterocycles. The van der Waals surface area contributed by atoms with Crippen molar-refractivity contribution in [2.45, 2.75) is 53.1 Å². The monoisotopic (exact) mass is 203 g/mol. The van der Waals surface area contributed by atoms with Crippen LogP contribution in [0, 0.1) is 20.8 Å². The Labute approximate surface area is 92.9 Å². The molecule has 1 heteroatoms. The van der Waals surface area contributed by atoms with E-state index in [2.05, 4.69) is 39.1 Å². The van der Waals surface area contributed by atoms with E-state index >= 15 is 0 Å². The standard InChI is InChI=1S/C14H21N/c1-5-12-7-13-10(3)6-9(2)11(4)14(13)8-15-12/h6,12,15H,5,7-8H2,1-4H3. The van der Waals surface area contributed by atoms with E-state index in [0.717, 1.165) is 6.54 Å². The van der Waals surface area contributed by atoms with Gasteiger partial charge in [0.1, 0.15) is 0 Å². The van der Waals surface area contributed by atoms with Crippen molar-refractivity contribution in [2.24, 2.45) is 0 Å². The van der Waals surface area contributed by atoms with Crippen molar-refractivity contribution in [3.05, 3.63) is 33.9 Å². The second kappa shape index (κ2) is 3.97. The number of rotatable bonds is 1. The molecule has 1 N–H and O–H groups in total. The highest BCUT2D eigenvalue weighted by molar-refractivity contribution is 5.46. The van der Waals surface area contributed by atoms with Gasteiger partial charge in [0.15, 0.2) is 0 Å². The largest absolute Gasteiger partial charge is 0.310 e. The minimum atomic E-state index is 0.679. The van der Waals surface area contributed by atoms with Crippen molar-refractivity contribution < 1.29 is 0 Å². The highest BCUT2D eigenvalue weighted by atomic mass is 14.9. The lowest BCUT2D eigenvalue weighted by atomic mass is 9.86. The van der Waals surface area contributed by atoms with Crippen LogP contribution in [0.4, 0.5) is 0 Å². The molecule has 1 nitrogen and oxygen atoms in total. The second-order valence-electron chi connectivity index (χ2n) is 4.78. The topological polar surface area (TPSA) is 12.0 Å². The van der Waals surface area contributed by atoms with Crippen LogP contribution in [0.2, 0.25) is 0 Å². The van der Waals surface area contributed by atoms with Crippen molar-refractivity contribution in [2.75, 3.05) is 0 Å². The maximum atomic E-state index is 3.62. The highest BCUT2D eigenvalue weighted by Crippen LogP contribution is 2.27. The fourth-order valence-electron chi connectivity index (χ4n) is 2.60. The molecule has 1 aliphatic heterocycles. The van der Waals surface area contributed by atoms with Crippen LogP contribution >= 0.6 is 0 Å². The number of nitrogens with one attached hydrogen (secondary N) is 1. The molecule has 0 saturated heterocycles. The van der Waals surface area contributed by atoms with Gasteiger partial charge in [-0.15, -0.1) is 0 Å². The van der Waals surface area contributed by atoms with Crippen LogP contribution in [0.15, 0.2) is 6.07 Å². The average Bonchev–Trinajstić information content (AvgIpc) is 2.25.